The molecular weight excluding hydrogens is 230 g/mol. The van der Waals surface area contributed by atoms with Crippen molar-refractivity contribution in [2.24, 2.45) is 5.92 Å². The normalized spacial score (nSPS) is 27.7. The largest absolute Gasteiger partial charge is 0.377 e. The van der Waals surface area contributed by atoms with E-state index in [-0.39, 0.29) is 0 Å². The van der Waals surface area contributed by atoms with E-state index in [1.807, 2.05) is 0 Å². The smallest absolute Gasteiger partial charge is 0.0726 e. The van der Waals surface area contributed by atoms with Gasteiger partial charge in [0.1, 0.15) is 0 Å². The van der Waals surface area contributed by atoms with E-state index in [4.69, 9.17) is 4.74 Å². The molecular formula is C14H27NOS. The van der Waals surface area contributed by atoms with Gasteiger partial charge < -0.3 is 10.1 Å². The van der Waals surface area contributed by atoms with Crippen molar-refractivity contribution in [2.45, 2.75) is 57.6 Å². The van der Waals surface area contributed by atoms with Crippen LogP contribution in [0.2, 0.25) is 0 Å². The van der Waals surface area contributed by atoms with Gasteiger partial charge in [0.25, 0.3) is 0 Å². The molecule has 0 bridgehead atoms. The SMILES string of the molecule is CC(NCCSCC1CCCC1)C1CCCO1. The Balaban J connectivity index is 1.45. The molecule has 1 heterocycles. The predicted molar refractivity (Wildman–Crippen MR) is 75.7 cm³/mol. The molecule has 2 atom stereocenters. The fraction of sp³-hybridized carbons (Fsp3) is 1.00. The minimum atomic E-state index is 0.467. The lowest BCUT2D eigenvalue weighted by molar-refractivity contribution is 0.0844. The topological polar surface area (TPSA) is 21.3 Å². The Labute approximate surface area is 110 Å². The zero-order chi connectivity index (χ0) is 11.9. The third kappa shape index (κ3) is 4.80. The highest BCUT2D eigenvalue weighted by Crippen LogP contribution is 2.27. The number of rotatable bonds is 7. The monoisotopic (exact) mass is 257 g/mol. The highest BCUT2D eigenvalue weighted by molar-refractivity contribution is 7.99. The molecule has 2 fully saturated rings. The summed E-state index contributed by atoms with van der Waals surface area (Å²) in [5.74, 6) is 3.67. The Morgan fingerprint density at radius 2 is 2.06 bits per heavy atom. The third-order valence-corrected chi connectivity index (χ3v) is 5.26. The van der Waals surface area contributed by atoms with Gasteiger partial charge in [0.15, 0.2) is 0 Å². The molecule has 0 aromatic carbocycles. The van der Waals surface area contributed by atoms with Crippen LogP contribution in [0.1, 0.15) is 45.4 Å². The van der Waals surface area contributed by atoms with Gasteiger partial charge in [0.2, 0.25) is 0 Å². The van der Waals surface area contributed by atoms with Crippen LogP contribution < -0.4 is 5.32 Å². The molecule has 2 nitrogen and oxygen atoms in total. The minimum Gasteiger partial charge on any atom is -0.377 e. The Bertz CT molecular complexity index is 200. The van der Waals surface area contributed by atoms with Crippen molar-refractivity contribution in [3.63, 3.8) is 0 Å². The Morgan fingerprint density at radius 1 is 1.24 bits per heavy atom. The summed E-state index contributed by atoms with van der Waals surface area (Å²) < 4.78 is 5.68. The third-order valence-electron chi connectivity index (χ3n) is 4.06. The molecule has 0 amide bonds. The molecule has 0 aromatic rings. The van der Waals surface area contributed by atoms with Crippen LogP contribution in [0.4, 0.5) is 0 Å². The zero-order valence-corrected chi connectivity index (χ0v) is 11.9. The van der Waals surface area contributed by atoms with Gasteiger partial charge in [-0.15, -0.1) is 0 Å². The molecule has 1 N–H and O–H groups in total. The maximum absolute atomic E-state index is 5.68. The quantitative estimate of drug-likeness (QED) is 0.708. The Kier molecular flexibility index (Phi) is 6.16. The lowest BCUT2D eigenvalue weighted by Gasteiger charge is -2.20. The van der Waals surface area contributed by atoms with Crippen LogP contribution in [0.3, 0.4) is 0 Å². The molecule has 0 spiro atoms. The van der Waals surface area contributed by atoms with Crippen LogP contribution in [0, 0.1) is 5.92 Å². The van der Waals surface area contributed by atoms with Crippen molar-refractivity contribution in [3.05, 3.63) is 0 Å². The van der Waals surface area contributed by atoms with Gasteiger partial charge in [-0.2, -0.15) is 11.8 Å². The highest BCUT2D eigenvalue weighted by atomic mass is 32.2. The Morgan fingerprint density at radius 3 is 2.76 bits per heavy atom. The lowest BCUT2D eigenvalue weighted by Crippen LogP contribution is -2.38. The van der Waals surface area contributed by atoms with E-state index >= 15 is 0 Å². The van der Waals surface area contributed by atoms with Gasteiger partial charge >= 0.3 is 0 Å². The molecule has 2 rings (SSSR count). The van der Waals surface area contributed by atoms with Crippen molar-refractivity contribution < 1.29 is 4.74 Å². The summed E-state index contributed by atoms with van der Waals surface area (Å²) in [7, 11) is 0. The van der Waals surface area contributed by atoms with Crippen LogP contribution in [0.15, 0.2) is 0 Å². The van der Waals surface area contributed by atoms with Gasteiger partial charge in [-0.05, 0) is 44.3 Å². The molecule has 1 aliphatic heterocycles. The van der Waals surface area contributed by atoms with E-state index < -0.39 is 0 Å². The first-order valence-corrected chi connectivity index (χ1v) is 8.44. The average molecular weight is 257 g/mol. The van der Waals surface area contributed by atoms with Crippen LogP contribution in [0.5, 0.6) is 0 Å². The molecule has 17 heavy (non-hydrogen) atoms. The number of hydrogen-bond acceptors (Lipinski definition) is 3. The first-order valence-electron chi connectivity index (χ1n) is 7.29. The summed E-state index contributed by atoms with van der Waals surface area (Å²) in [6.45, 7) is 4.36. The second kappa shape index (κ2) is 7.65. The highest BCUT2D eigenvalue weighted by Gasteiger charge is 2.21. The van der Waals surface area contributed by atoms with Crippen molar-refractivity contribution in [1.82, 2.24) is 5.32 Å². The minimum absolute atomic E-state index is 0.467. The molecule has 3 heteroatoms. The number of thioether (sulfide) groups is 1. The predicted octanol–water partition coefficient (Wildman–Crippen LogP) is 3.07. The molecule has 1 saturated carbocycles. The molecule has 1 saturated heterocycles. The summed E-state index contributed by atoms with van der Waals surface area (Å²) in [5, 5.41) is 3.60. The summed E-state index contributed by atoms with van der Waals surface area (Å²) in [6, 6.07) is 0.532. The second-order valence-corrected chi connectivity index (χ2v) is 6.67. The van der Waals surface area contributed by atoms with Gasteiger partial charge in [0, 0.05) is 24.9 Å². The molecule has 0 radical (unpaired) electrons. The standard InChI is InChI=1S/C14H27NOS/c1-12(14-7-4-9-16-14)15-8-10-17-11-13-5-2-3-6-13/h12-15H,2-11H2,1H3. The van der Waals surface area contributed by atoms with Gasteiger partial charge in [0.05, 0.1) is 6.10 Å². The van der Waals surface area contributed by atoms with E-state index in [0.717, 1.165) is 19.1 Å². The van der Waals surface area contributed by atoms with E-state index in [2.05, 4.69) is 24.0 Å². The maximum Gasteiger partial charge on any atom is 0.0726 e. The van der Waals surface area contributed by atoms with Crippen molar-refractivity contribution in [3.8, 4) is 0 Å². The molecule has 100 valence electrons. The van der Waals surface area contributed by atoms with Crippen molar-refractivity contribution in [2.75, 3.05) is 24.7 Å². The summed E-state index contributed by atoms with van der Waals surface area (Å²) >= 11 is 2.13. The van der Waals surface area contributed by atoms with E-state index in [9.17, 15) is 0 Å². The number of ether oxygens (including phenoxy) is 1. The van der Waals surface area contributed by atoms with E-state index in [1.54, 1.807) is 0 Å². The van der Waals surface area contributed by atoms with Crippen molar-refractivity contribution >= 4 is 11.8 Å². The first-order chi connectivity index (χ1) is 8.36. The fourth-order valence-electron chi connectivity index (χ4n) is 2.91. The molecule has 0 aromatic heterocycles. The summed E-state index contributed by atoms with van der Waals surface area (Å²) in [4.78, 5) is 0. The summed E-state index contributed by atoms with van der Waals surface area (Å²) in [5.41, 5.74) is 0. The Hall–Kier alpha value is 0.270. The fourth-order valence-corrected chi connectivity index (χ4v) is 4.01. The van der Waals surface area contributed by atoms with E-state index in [1.165, 1.54) is 50.0 Å². The molecule has 2 unspecified atom stereocenters. The van der Waals surface area contributed by atoms with Gasteiger partial charge in [-0.3, -0.25) is 0 Å². The average Bonchev–Trinajstić information content (AvgIpc) is 3.01. The van der Waals surface area contributed by atoms with E-state index in [0.29, 0.717) is 12.1 Å². The number of hydrogen-bond donors (Lipinski definition) is 1. The van der Waals surface area contributed by atoms with Crippen molar-refractivity contribution in [1.29, 1.82) is 0 Å². The maximum atomic E-state index is 5.68. The number of nitrogens with one attached hydrogen (secondary N) is 1. The molecule has 2 aliphatic rings. The van der Waals surface area contributed by atoms with Crippen LogP contribution in [-0.4, -0.2) is 36.8 Å². The van der Waals surface area contributed by atoms with Crippen LogP contribution in [-0.2, 0) is 4.74 Å². The van der Waals surface area contributed by atoms with Gasteiger partial charge in [-0.1, -0.05) is 12.8 Å². The summed E-state index contributed by atoms with van der Waals surface area (Å²) in [6.07, 6.45) is 8.85. The van der Waals surface area contributed by atoms with Crippen LogP contribution >= 0.6 is 11.8 Å². The molecule has 1 aliphatic carbocycles. The second-order valence-electron chi connectivity index (χ2n) is 5.52. The van der Waals surface area contributed by atoms with Crippen LogP contribution in [0.25, 0.3) is 0 Å². The zero-order valence-electron chi connectivity index (χ0n) is 11.1. The lowest BCUT2D eigenvalue weighted by atomic mass is 10.1. The first kappa shape index (κ1) is 13.7. The van der Waals surface area contributed by atoms with Gasteiger partial charge in [-0.25, -0.2) is 0 Å².